The van der Waals surface area contributed by atoms with Crippen LogP contribution in [0.15, 0.2) is 71.6 Å². The third-order valence-corrected chi connectivity index (χ3v) is 9.06. The lowest BCUT2D eigenvalue weighted by Crippen LogP contribution is -2.52. The minimum absolute atomic E-state index is 0.0242. The molecule has 0 aliphatic rings. The number of carbonyl (C=O) groups is 2. The molecule has 0 aliphatic carbocycles. The summed E-state index contributed by atoms with van der Waals surface area (Å²) < 4.78 is 28.9. The molecule has 0 spiro atoms. The fourth-order valence-corrected chi connectivity index (χ4v) is 6.50. The maximum atomic E-state index is 14.2. The van der Waals surface area contributed by atoms with Crippen LogP contribution in [-0.4, -0.2) is 44.3 Å². The SMILES string of the molecule is CCC(C(=O)NCC(C)C)N(Cc1ccc(Cl)cc1Cl)C(=O)CN(c1ccc(Cl)cc1C)S(=O)(=O)c1ccccc1. The van der Waals surface area contributed by atoms with Crippen LogP contribution in [-0.2, 0) is 26.2 Å². The first-order valence-corrected chi connectivity index (χ1v) is 15.8. The van der Waals surface area contributed by atoms with E-state index in [1.54, 1.807) is 68.4 Å². The molecule has 0 saturated carbocycles. The number of nitrogens with zero attached hydrogens (tertiary/aromatic N) is 2. The zero-order chi connectivity index (χ0) is 30.3. The second-order valence-corrected chi connectivity index (χ2v) is 13.2. The van der Waals surface area contributed by atoms with Gasteiger partial charge >= 0.3 is 0 Å². The van der Waals surface area contributed by atoms with Crippen LogP contribution >= 0.6 is 34.8 Å². The van der Waals surface area contributed by atoms with Crippen LogP contribution in [0.3, 0.4) is 0 Å². The van der Waals surface area contributed by atoms with Gasteiger partial charge in [-0.15, -0.1) is 0 Å². The van der Waals surface area contributed by atoms with E-state index in [-0.39, 0.29) is 23.3 Å². The van der Waals surface area contributed by atoms with Gasteiger partial charge in [-0.2, -0.15) is 0 Å². The monoisotopic (exact) mass is 637 g/mol. The van der Waals surface area contributed by atoms with Crippen molar-refractivity contribution in [3.05, 3.63) is 92.9 Å². The first-order valence-electron chi connectivity index (χ1n) is 13.2. The summed E-state index contributed by atoms with van der Waals surface area (Å²) in [6.45, 7) is 7.30. The van der Waals surface area contributed by atoms with Crippen LogP contribution in [0.5, 0.6) is 0 Å². The topological polar surface area (TPSA) is 86.8 Å². The number of aryl methyl sites for hydroxylation is 1. The quantitative estimate of drug-likeness (QED) is 0.238. The normalized spacial score (nSPS) is 12.2. The minimum atomic E-state index is -4.18. The van der Waals surface area contributed by atoms with Gasteiger partial charge in [0.1, 0.15) is 12.6 Å². The third kappa shape index (κ3) is 8.38. The summed E-state index contributed by atoms with van der Waals surface area (Å²) in [5.74, 6) is -0.707. The van der Waals surface area contributed by atoms with E-state index in [1.807, 2.05) is 13.8 Å². The maximum absolute atomic E-state index is 14.2. The Morgan fingerprint density at radius 2 is 1.56 bits per heavy atom. The van der Waals surface area contributed by atoms with E-state index in [9.17, 15) is 18.0 Å². The Morgan fingerprint density at radius 3 is 2.15 bits per heavy atom. The first-order chi connectivity index (χ1) is 19.3. The standard InChI is InChI=1S/C30H34Cl3N3O4S/c1-5-27(30(38)34-17-20(2)3)35(18-22-11-12-24(32)16-26(22)33)29(37)19-36(28-14-13-23(31)15-21(28)4)41(39,40)25-9-7-6-8-10-25/h6-16,20,27H,5,17-19H2,1-4H3,(H,34,38). The number of anilines is 1. The number of benzene rings is 3. The Morgan fingerprint density at radius 1 is 0.927 bits per heavy atom. The lowest BCUT2D eigenvalue weighted by molar-refractivity contribution is -0.140. The van der Waals surface area contributed by atoms with Gasteiger partial charge in [0.2, 0.25) is 11.8 Å². The predicted octanol–water partition coefficient (Wildman–Crippen LogP) is 6.73. The molecule has 0 heterocycles. The molecule has 3 rings (SSSR count). The molecule has 41 heavy (non-hydrogen) atoms. The second kappa shape index (κ2) is 14.4. The van der Waals surface area contributed by atoms with Crippen LogP contribution in [0.1, 0.15) is 38.3 Å². The summed E-state index contributed by atoms with van der Waals surface area (Å²) >= 11 is 18.7. The fraction of sp³-hybridized carbons (Fsp3) is 0.333. The van der Waals surface area contributed by atoms with E-state index >= 15 is 0 Å². The van der Waals surface area contributed by atoms with Crippen molar-refractivity contribution in [3.8, 4) is 0 Å². The van der Waals surface area contributed by atoms with Gasteiger partial charge in [0, 0.05) is 28.2 Å². The summed E-state index contributed by atoms with van der Waals surface area (Å²) in [6.07, 6.45) is 0.298. The van der Waals surface area contributed by atoms with E-state index in [0.717, 1.165) is 4.31 Å². The summed E-state index contributed by atoms with van der Waals surface area (Å²) in [4.78, 5) is 28.9. The zero-order valence-corrected chi connectivity index (χ0v) is 26.5. The number of rotatable bonds is 12. The molecule has 1 atom stereocenters. The molecule has 0 radical (unpaired) electrons. The van der Waals surface area contributed by atoms with Crippen molar-refractivity contribution in [2.24, 2.45) is 5.92 Å². The van der Waals surface area contributed by atoms with Crippen molar-refractivity contribution < 1.29 is 18.0 Å². The number of halogens is 3. The van der Waals surface area contributed by atoms with Crippen molar-refractivity contribution in [2.75, 3.05) is 17.4 Å². The lowest BCUT2D eigenvalue weighted by Gasteiger charge is -2.34. The van der Waals surface area contributed by atoms with E-state index in [4.69, 9.17) is 34.8 Å². The Labute approximate surface area is 257 Å². The predicted molar refractivity (Wildman–Crippen MR) is 166 cm³/mol. The average Bonchev–Trinajstić information content (AvgIpc) is 2.92. The zero-order valence-electron chi connectivity index (χ0n) is 23.4. The van der Waals surface area contributed by atoms with Gasteiger partial charge in [-0.1, -0.05) is 79.8 Å². The number of hydrogen-bond donors (Lipinski definition) is 1. The largest absolute Gasteiger partial charge is 0.354 e. The Kier molecular flexibility index (Phi) is 11.5. The van der Waals surface area contributed by atoms with Gasteiger partial charge < -0.3 is 10.2 Å². The molecule has 0 bridgehead atoms. The number of nitrogens with one attached hydrogen (secondary N) is 1. The molecular weight excluding hydrogens is 605 g/mol. The van der Waals surface area contributed by atoms with Gasteiger partial charge in [0.25, 0.3) is 10.0 Å². The molecular formula is C30H34Cl3N3O4S. The fourth-order valence-electron chi connectivity index (χ4n) is 4.31. The summed E-state index contributed by atoms with van der Waals surface area (Å²) in [5, 5.41) is 4.09. The van der Waals surface area contributed by atoms with Gasteiger partial charge in [0.15, 0.2) is 0 Å². The smallest absolute Gasteiger partial charge is 0.264 e. The molecule has 220 valence electrons. The molecule has 1 N–H and O–H groups in total. The average molecular weight is 639 g/mol. The molecule has 0 saturated heterocycles. The maximum Gasteiger partial charge on any atom is 0.264 e. The summed E-state index contributed by atoms with van der Waals surface area (Å²) in [7, 11) is -4.18. The highest BCUT2D eigenvalue weighted by molar-refractivity contribution is 7.92. The molecule has 3 aromatic carbocycles. The van der Waals surface area contributed by atoms with Crippen LogP contribution in [0.4, 0.5) is 5.69 Å². The molecule has 1 unspecified atom stereocenters. The Bertz CT molecular complexity index is 1480. The summed E-state index contributed by atoms with van der Waals surface area (Å²) in [5.41, 5.74) is 1.44. The number of amides is 2. The third-order valence-electron chi connectivity index (χ3n) is 6.46. The highest BCUT2D eigenvalue weighted by Gasteiger charge is 2.34. The second-order valence-electron chi connectivity index (χ2n) is 10.1. The molecule has 3 aromatic rings. The number of sulfonamides is 1. The van der Waals surface area contributed by atoms with E-state index in [1.165, 1.54) is 17.0 Å². The molecule has 0 aromatic heterocycles. The minimum Gasteiger partial charge on any atom is -0.354 e. The van der Waals surface area contributed by atoms with E-state index in [0.29, 0.717) is 44.8 Å². The molecule has 7 nitrogen and oxygen atoms in total. The van der Waals surface area contributed by atoms with Crippen LogP contribution in [0.25, 0.3) is 0 Å². The number of hydrogen-bond acceptors (Lipinski definition) is 4. The molecule has 0 aliphatic heterocycles. The Hall–Kier alpha value is -2.78. The lowest BCUT2D eigenvalue weighted by atomic mass is 10.1. The van der Waals surface area contributed by atoms with Crippen molar-refractivity contribution in [1.82, 2.24) is 10.2 Å². The highest BCUT2D eigenvalue weighted by atomic mass is 35.5. The van der Waals surface area contributed by atoms with Gasteiger partial charge in [-0.05, 0) is 72.9 Å². The van der Waals surface area contributed by atoms with Crippen molar-refractivity contribution >= 4 is 62.3 Å². The first kappa shape index (κ1) is 32.7. The van der Waals surface area contributed by atoms with Crippen LogP contribution in [0.2, 0.25) is 15.1 Å². The molecule has 11 heteroatoms. The van der Waals surface area contributed by atoms with Crippen molar-refractivity contribution in [1.29, 1.82) is 0 Å². The highest BCUT2D eigenvalue weighted by Crippen LogP contribution is 2.30. The van der Waals surface area contributed by atoms with Crippen LogP contribution in [0, 0.1) is 12.8 Å². The Balaban J connectivity index is 2.09. The van der Waals surface area contributed by atoms with Gasteiger partial charge in [0.05, 0.1) is 10.6 Å². The van der Waals surface area contributed by atoms with Crippen LogP contribution < -0.4 is 9.62 Å². The van der Waals surface area contributed by atoms with Gasteiger partial charge in [-0.3, -0.25) is 13.9 Å². The van der Waals surface area contributed by atoms with Gasteiger partial charge in [-0.25, -0.2) is 8.42 Å². The van der Waals surface area contributed by atoms with E-state index in [2.05, 4.69) is 5.32 Å². The van der Waals surface area contributed by atoms with Crippen molar-refractivity contribution in [3.63, 3.8) is 0 Å². The van der Waals surface area contributed by atoms with Crippen molar-refractivity contribution in [2.45, 2.75) is 51.6 Å². The van der Waals surface area contributed by atoms with E-state index < -0.39 is 28.5 Å². The molecule has 2 amide bonds. The number of carbonyl (C=O) groups excluding carboxylic acids is 2. The summed E-state index contributed by atoms with van der Waals surface area (Å²) in [6, 6.07) is 16.7. The molecule has 0 fully saturated rings.